The van der Waals surface area contributed by atoms with Crippen molar-refractivity contribution in [2.45, 2.75) is 56.1 Å². The van der Waals surface area contributed by atoms with E-state index in [-0.39, 0.29) is 17.5 Å². The van der Waals surface area contributed by atoms with Crippen LogP contribution in [0.2, 0.25) is 0 Å². The maximum Gasteiger partial charge on any atom is 0.240 e. The van der Waals surface area contributed by atoms with Gasteiger partial charge in [-0.3, -0.25) is 0 Å². The fourth-order valence-corrected chi connectivity index (χ4v) is 3.46. The zero-order valence-corrected chi connectivity index (χ0v) is 13.3. The molecule has 0 atom stereocenters. The molecule has 2 rings (SSSR count). The molecule has 0 heterocycles. The second-order valence-corrected chi connectivity index (χ2v) is 7.90. The molecule has 21 heavy (non-hydrogen) atoms. The quantitative estimate of drug-likeness (QED) is 0.843. The Bertz CT molecular complexity index is 554. The highest BCUT2D eigenvalue weighted by Gasteiger charge is 2.20. The van der Waals surface area contributed by atoms with Gasteiger partial charge in [-0.25, -0.2) is 13.1 Å². The maximum atomic E-state index is 12.1. The Morgan fingerprint density at radius 3 is 2.33 bits per heavy atom. The number of nitrogens with one attached hydrogen (secondary N) is 1. The lowest BCUT2D eigenvalue weighted by atomic mass is 10.1. The summed E-state index contributed by atoms with van der Waals surface area (Å²) in [4.78, 5) is 0.172. The second kappa shape index (κ2) is 6.34. The average molecular weight is 313 g/mol. The van der Waals surface area contributed by atoms with Crippen LogP contribution >= 0.6 is 0 Å². The van der Waals surface area contributed by atoms with E-state index in [0.29, 0.717) is 5.75 Å². The highest BCUT2D eigenvalue weighted by Crippen LogP contribution is 2.24. The predicted molar refractivity (Wildman–Crippen MR) is 80.8 cm³/mol. The van der Waals surface area contributed by atoms with Crippen LogP contribution in [-0.2, 0) is 10.0 Å². The first kappa shape index (κ1) is 16.3. The van der Waals surface area contributed by atoms with Crippen LogP contribution in [0.4, 0.5) is 0 Å². The molecule has 5 nitrogen and oxygen atoms in total. The summed E-state index contributed by atoms with van der Waals surface area (Å²) in [7, 11) is -3.60. The lowest BCUT2D eigenvalue weighted by Gasteiger charge is -2.18. The zero-order valence-electron chi connectivity index (χ0n) is 12.5. The van der Waals surface area contributed by atoms with Crippen LogP contribution in [0.25, 0.3) is 0 Å². The number of hydrogen-bond donors (Lipinski definition) is 2. The summed E-state index contributed by atoms with van der Waals surface area (Å²) in [5.41, 5.74) is -1.08. The van der Waals surface area contributed by atoms with Gasteiger partial charge in [-0.05, 0) is 63.8 Å². The number of aliphatic hydroxyl groups is 1. The Hall–Kier alpha value is -1.11. The third kappa shape index (κ3) is 4.98. The first-order chi connectivity index (χ1) is 9.76. The van der Waals surface area contributed by atoms with Crippen LogP contribution in [0.1, 0.15) is 39.5 Å². The molecule has 0 amide bonds. The smallest absolute Gasteiger partial charge is 0.240 e. The average Bonchev–Trinajstić information content (AvgIpc) is 2.89. The Labute approximate surface area is 126 Å². The molecule has 0 bridgehead atoms. The van der Waals surface area contributed by atoms with Crippen LogP contribution in [0.5, 0.6) is 5.75 Å². The van der Waals surface area contributed by atoms with Gasteiger partial charge in [0.1, 0.15) is 5.75 Å². The van der Waals surface area contributed by atoms with Crippen molar-refractivity contribution in [3.8, 4) is 5.75 Å². The van der Waals surface area contributed by atoms with Gasteiger partial charge in [-0.15, -0.1) is 0 Å². The van der Waals surface area contributed by atoms with Gasteiger partial charge < -0.3 is 9.84 Å². The fourth-order valence-electron chi connectivity index (χ4n) is 2.25. The van der Waals surface area contributed by atoms with Crippen molar-refractivity contribution in [1.29, 1.82) is 0 Å². The van der Waals surface area contributed by atoms with Crippen LogP contribution in [0.3, 0.4) is 0 Å². The van der Waals surface area contributed by atoms with Gasteiger partial charge in [0, 0.05) is 6.54 Å². The summed E-state index contributed by atoms with van der Waals surface area (Å²) in [6.45, 7) is 3.07. The van der Waals surface area contributed by atoms with Gasteiger partial charge in [0.05, 0.1) is 16.6 Å². The standard InChI is InChI=1S/C15H23NO4S/c1-15(2,17)11-16-21(18,19)14-9-7-13(8-10-14)20-12-5-3-4-6-12/h7-10,12,16-17H,3-6,11H2,1-2H3. The minimum Gasteiger partial charge on any atom is -0.490 e. The SMILES string of the molecule is CC(C)(O)CNS(=O)(=O)c1ccc(OC2CCCC2)cc1. The Balaban J connectivity index is 2.00. The molecule has 2 N–H and O–H groups in total. The minimum atomic E-state index is -3.60. The summed E-state index contributed by atoms with van der Waals surface area (Å²) < 4.78 is 32.3. The second-order valence-electron chi connectivity index (χ2n) is 6.13. The lowest BCUT2D eigenvalue weighted by molar-refractivity contribution is 0.0857. The minimum absolute atomic E-state index is 0.0321. The molecule has 1 fully saturated rings. The third-order valence-electron chi connectivity index (χ3n) is 3.43. The van der Waals surface area contributed by atoms with Gasteiger partial charge in [-0.2, -0.15) is 0 Å². The normalized spacial score (nSPS) is 17.1. The van der Waals surface area contributed by atoms with Gasteiger partial charge in [-0.1, -0.05) is 0 Å². The van der Waals surface area contributed by atoms with Gasteiger partial charge in [0.15, 0.2) is 0 Å². The van der Waals surface area contributed by atoms with Crippen molar-refractivity contribution < 1.29 is 18.3 Å². The molecule has 0 saturated heterocycles. The van der Waals surface area contributed by atoms with E-state index in [1.54, 1.807) is 26.0 Å². The van der Waals surface area contributed by atoms with E-state index in [1.807, 2.05) is 0 Å². The third-order valence-corrected chi connectivity index (χ3v) is 4.85. The molecule has 1 aromatic rings. The number of hydrogen-bond acceptors (Lipinski definition) is 4. The molecule has 0 unspecified atom stereocenters. The zero-order chi connectivity index (χ0) is 15.5. The number of benzene rings is 1. The molecule has 0 aromatic heterocycles. The van der Waals surface area contributed by atoms with E-state index in [1.165, 1.54) is 25.0 Å². The van der Waals surface area contributed by atoms with Crippen LogP contribution in [0.15, 0.2) is 29.2 Å². The molecule has 6 heteroatoms. The molecule has 0 aliphatic heterocycles. The molecule has 1 saturated carbocycles. The van der Waals surface area contributed by atoms with Crippen molar-refractivity contribution in [3.63, 3.8) is 0 Å². The Kier molecular flexibility index (Phi) is 4.91. The summed E-state index contributed by atoms with van der Waals surface area (Å²) >= 11 is 0. The summed E-state index contributed by atoms with van der Waals surface area (Å²) in [5, 5.41) is 9.58. The lowest BCUT2D eigenvalue weighted by Crippen LogP contribution is -2.38. The maximum absolute atomic E-state index is 12.1. The number of ether oxygens (including phenoxy) is 1. The van der Waals surface area contributed by atoms with E-state index in [0.717, 1.165) is 12.8 Å². The summed E-state index contributed by atoms with van der Waals surface area (Å²) in [6.07, 6.45) is 4.76. The molecular formula is C15H23NO4S. The molecule has 0 radical (unpaired) electrons. The molecule has 1 aliphatic carbocycles. The number of rotatable bonds is 6. The van der Waals surface area contributed by atoms with E-state index in [2.05, 4.69) is 4.72 Å². The van der Waals surface area contributed by atoms with Gasteiger partial charge in [0.25, 0.3) is 0 Å². The van der Waals surface area contributed by atoms with E-state index in [9.17, 15) is 13.5 Å². The van der Waals surface area contributed by atoms with Gasteiger partial charge >= 0.3 is 0 Å². The summed E-state index contributed by atoms with van der Waals surface area (Å²) in [5.74, 6) is 0.698. The largest absolute Gasteiger partial charge is 0.490 e. The highest BCUT2D eigenvalue weighted by molar-refractivity contribution is 7.89. The van der Waals surface area contributed by atoms with E-state index >= 15 is 0 Å². The summed E-state index contributed by atoms with van der Waals surface area (Å²) in [6, 6.07) is 6.40. The highest BCUT2D eigenvalue weighted by atomic mass is 32.2. The van der Waals surface area contributed by atoms with Crippen molar-refractivity contribution in [2.24, 2.45) is 0 Å². The van der Waals surface area contributed by atoms with Gasteiger partial charge in [0.2, 0.25) is 10.0 Å². The van der Waals surface area contributed by atoms with E-state index in [4.69, 9.17) is 4.74 Å². The van der Waals surface area contributed by atoms with Crippen molar-refractivity contribution in [1.82, 2.24) is 4.72 Å². The molecule has 1 aromatic carbocycles. The van der Waals surface area contributed by atoms with Crippen molar-refractivity contribution >= 4 is 10.0 Å². The molecular weight excluding hydrogens is 290 g/mol. The Morgan fingerprint density at radius 1 is 1.24 bits per heavy atom. The predicted octanol–water partition coefficient (Wildman–Crippen LogP) is 2.06. The fraction of sp³-hybridized carbons (Fsp3) is 0.600. The monoisotopic (exact) mass is 313 g/mol. The van der Waals surface area contributed by atoms with Crippen LogP contribution < -0.4 is 9.46 Å². The topological polar surface area (TPSA) is 75.6 Å². The Morgan fingerprint density at radius 2 is 1.81 bits per heavy atom. The molecule has 0 spiro atoms. The van der Waals surface area contributed by atoms with Crippen molar-refractivity contribution in [3.05, 3.63) is 24.3 Å². The van der Waals surface area contributed by atoms with Crippen LogP contribution in [0, 0.1) is 0 Å². The number of sulfonamides is 1. The first-order valence-electron chi connectivity index (χ1n) is 7.25. The molecule has 118 valence electrons. The van der Waals surface area contributed by atoms with E-state index < -0.39 is 15.6 Å². The van der Waals surface area contributed by atoms with Crippen molar-refractivity contribution in [2.75, 3.05) is 6.54 Å². The molecule has 1 aliphatic rings. The van der Waals surface area contributed by atoms with Crippen LogP contribution in [-0.4, -0.2) is 31.8 Å². The first-order valence-corrected chi connectivity index (χ1v) is 8.73.